The third-order valence-corrected chi connectivity index (χ3v) is 7.53. The molecule has 1 saturated carbocycles. The molecule has 1 saturated heterocycles. The highest BCUT2D eigenvalue weighted by Crippen LogP contribution is 2.27. The first-order valence-electron chi connectivity index (χ1n) is 10.1. The fourth-order valence-corrected chi connectivity index (χ4v) is 4.95. The Labute approximate surface area is 172 Å². The van der Waals surface area contributed by atoms with E-state index in [4.69, 9.17) is 4.74 Å². The van der Waals surface area contributed by atoms with Crippen molar-refractivity contribution in [2.75, 3.05) is 39.8 Å². The number of piperidine rings is 1. The summed E-state index contributed by atoms with van der Waals surface area (Å²) in [6.07, 6.45) is 3.45. The summed E-state index contributed by atoms with van der Waals surface area (Å²) in [5.74, 6) is 0.621. The van der Waals surface area contributed by atoms with Crippen molar-refractivity contribution in [1.82, 2.24) is 14.9 Å². The SMILES string of the molecule is COc1cc(CF)cc(C(=O)NCC2CCN(CCNS(=O)(=O)C3CC3)CC2)c1. The summed E-state index contributed by atoms with van der Waals surface area (Å²) in [5.41, 5.74) is 0.817. The summed E-state index contributed by atoms with van der Waals surface area (Å²) < 4.78 is 44.5. The molecule has 0 radical (unpaired) electrons. The molecular weight excluding hydrogens is 397 g/mol. The summed E-state index contributed by atoms with van der Waals surface area (Å²) in [6, 6.07) is 4.74. The van der Waals surface area contributed by atoms with E-state index in [1.165, 1.54) is 7.11 Å². The number of hydrogen-bond donors (Lipinski definition) is 2. The van der Waals surface area contributed by atoms with Gasteiger partial charge in [-0.25, -0.2) is 17.5 Å². The molecule has 0 atom stereocenters. The predicted molar refractivity (Wildman–Crippen MR) is 109 cm³/mol. The molecule has 0 aromatic heterocycles. The van der Waals surface area contributed by atoms with Crippen LogP contribution in [0.25, 0.3) is 0 Å². The number of benzene rings is 1. The van der Waals surface area contributed by atoms with Crippen LogP contribution in [0.3, 0.4) is 0 Å². The number of alkyl halides is 1. The second-order valence-corrected chi connectivity index (χ2v) is 9.88. The molecule has 7 nitrogen and oxygen atoms in total. The number of amides is 1. The summed E-state index contributed by atoms with van der Waals surface area (Å²) in [4.78, 5) is 14.7. The molecule has 1 aromatic carbocycles. The first-order chi connectivity index (χ1) is 13.9. The molecule has 1 amide bonds. The summed E-state index contributed by atoms with van der Waals surface area (Å²) >= 11 is 0. The van der Waals surface area contributed by atoms with Gasteiger partial charge in [0.2, 0.25) is 10.0 Å². The molecule has 162 valence electrons. The van der Waals surface area contributed by atoms with Gasteiger partial charge in [0.25, 0.3) is 5.91 Å². The minimum Gasteiger partial charge on any atom is -0.497 e. The Kier molecular flexibility index (Phi) is 7.48. The van der Waals surface area contributed by atoms with Crippen LogP contribution in [0.2, 0.25) is 0 Å². The van der Waals surface area contributed by atoms with Crippen molar-refractivity contribution in [1.29, 1.82) is 0 Å². The molecule has 1 aliphatic carbocycles. The molecule has 1 aliphatic heterocycles. The summed E-state index contributed by atoms with van der Waals surface area (Å²) in [6.45, 7) is 2.86. The van der Waals surface area contributed by atoms with Crippen molar-refractivity contribution in [3.05, 3.63) is 29.3 Å². The second-order valence-electron chi connectivity index (χ2n) is 7.84. The van der Waals surface area contributed by atoms with Crippen molar-refractivity contribution in [3.8, 4) is 5.75 Å². The number of sulfonamides is 1. The lowest BCUT2D eigenvalue weighted by atomic mass is 9.96. The van der Waals surface area contributed by atoms with Crippen LogP contribution >= 0.6 is 0 Å². The van der Waals surface area contributed by atoms with E-state index in [1.807, 2.05) is 0 Å². The molecule has 9 heteroatoms. The van der Waals surface area contributed by atoms with Gasteiger partial charge in [-0.2, -0.15) is 0 Å². The maximum Gasteiger partial charge on any atom is 0.251 e. The topological polar surface area (TPSA) is 87.7 Å². The summed E-state index contributed by atoms with van der Waals surface area (Å²) in [7, 11) is -1.62. The van der Waals surface area contributed by atoms with Crippen molar-refractivity contribution < 1.29 is 22.3 Å². The number of ether oxygens (including phenoxy) is 1. The lowest BCUT2D eigenvalue weighted by molar-refractivity contribution is 0.0936. The van der Waals surface area contributed by atoms with Gasteiger partial charge < -0.3 is 15.0 Å². The summed E-state index contributed by atoms with van der Waals surface area (Å²) in [5, 5.41) is 2.76. The Morgan fingerprint density at radius 1 is 1.21 bits per heavy atom. The van der Waals surface area contributed by atoms with Crippen LogP contribution in [0.1, 0.15) is 41.6 Å². The number of likely N-dealkylation sites (tertiary alicyclic amines) is 1. The van der Waals surface area contributed by atoms with E-state index in [2.05, 4.69) is 14.9 Å². The van der Waals surface area contributed by atoms with Gasteiger partial charge in [0.05, 0.1) is 12.4 Å². The van der Waals surface area contributed by atoms with E-state index in [0.717, 1.165) is 38.8 Å². The monoisotopic (exact) mass is 427 g/mol. The lowest BCUT2D eigenvalue weighted by Crippen LogP contribution is -2.42. The van der Waals surface area contributed by atoms with Gasteiger partial charge in [0.15, 0.2) is 0 Å². The number of hydrogen-bond acceptors (Lipinski definition) is 5. The van der Waals surface area contributed by atoms with Crippen LogP contribution in [0.4, 0.5) is 4.39 Å². The first-order valence-corrected chi connectivity index (χ1v) is 11.7. The van der Waals surface area contributed by atoms with Crippen LogP contribution < -0.4 is 14.8 Å². The number of rotatable bonds is 10. The molecule has 3 rings (SSSR count). The molecule has 2 aliphatic rings. The van der Waals surface area contributed by atoms with E-state index in [0.29, 0.717) is 42.4 Å². The highest BCUT2D eigenvalue weighted by atomic mass is 32.2. The van der Waals surface area contributed by atoms with E-state index < -0.39 is 16.7 Å². The average molecular weight is 428 g/mol. The van der Waals surface area contributed by atoms with Crippen LogP contribution in [0.15, 0.2) is 18.2 Å². The number of halogens is 1. The minimum atomic E-state index is -3.11. The fourth-order valence-electron chi connectivity index (χ4n) is 3.58. The minimum absolute atomic E-state index is 0.178. The van der Waals surface area contributed by atoms with Crippen molar-refractivity contribution in [2.24, 2.45) is 5.92 Å². The highest BCUT2D eigenvalue weighted by Gasteiger charge is 2.35. The number of carbonyl (C=O) groups excluding carboxylic acids is 1. The molecule has 1 aromatic rings. The van der Waals surface area contributed by atoms with Crippen LogP contribution in [0.5, 0.6) is 5.75 Å². The van der Waals surface area contributed by atoms with E-state index in [1.54, 1.807) is 18.2 Å². The van der Waals surface area contributed by atoms with Gasteiger partial charge in [-0.05, 0) is 68.5 Å². The Balaban J connectivity index is 1.38. The zero-order chi connectivity index (χ0) is 20.9. The van der Waals surface area contributed by atoms with Crippen molar-refractivity contribution in [2.45, 2.75) is 37.6 Å². The van der Waals surface area contributed by atoms with Crippen molar-refractivity contribution in [3.63, 3.8) is 0 Å². The normalized spacial score (nSPS) is 18.6. The zero-order valence-corrected chi connectivity index (χ0v) is 17.6. The fraction of sp³-hybridized carbons (Fsp3) is 0.650. The largest absolute Gasteiger partial charge is 0.497 e. The molecule has 29 heavy (non-hydrogen) atoms. The van der Waals surface area contributed by atoms with Gasteiger partial charge in [-0.3, -0.25) is 4.79 Å². The third kappa shape index (κ3) is 6.38. The Hall–Kier alpha value is -1.71. The maximum atomic E-state index is 13.0. The second kappa shape index (κ2) is 9.86. The van der Waals surface area contributed by atoms with E-state index in [9.17, 15) is 17.6 Å². The Bertz CT molecular complexity index is 784. The third-order valence-electron chi connectivity index (χ3n) is 5.57. The zero-order valence-electron chi connectivity index (χ0n) is 16.8. The lowest BCUT2D eigenvalue weighted by Gasteiger charge is -2.32. The maximum absolute atomic E-state index is 13.0. The first kappa shape index (κ1) is 22.0. The Morgan fingerprint density at radius 3 is 2.55 bits per heavy atom. The van der Waals surface area contributed by atoms with Crippen LogP contribution in [-0.4, -0.2) is 64.3 Å². The molecular formula is C20H30FN3O4S. The molecule has 2 N–H and O–H groups in total. The van der Waals surface area contributed by atoms with Gasteiger partial charge in [-0.1, -0.05) is 0 Å². The van der Waals surface area contributed by atoms with Crippen molar-refractivity contribution >= 4 is 15.9 Å². The molecule has 0 bridgehead atoms. The molecule has 0 unspecified atom stereocenters. The van der Waals surface area contributed by atoms with Crippen LogP contribution in [-0.2, 0) is 16.7 Å². The van der Waals surface area contributed by atoms with E-state index >= 15 is 0 Å². The van der Waals surface area contributed by atoms with Gasteiger partial charge in [0, 0.05) is 25.2 Å². The van der Waals surface area contributed by atoms with E-state index in [-0.39, 0.29) is 11.2 Å². The quantitative estimate of drug-likeness (QED) is 0.593. The number of nitrogens with one attached hydrogen (secondary N) is 2. The number of carbonyl (C=O) groups is 1. The van der Waals surface area contributed by atoms with Crippen LogP contribution in [0, 0.1) is 5.92 Å². The molecule has 1 heterocycles. The predicted octanol–water partition coefficient (Wildman–Crippen LogP) is 1.69. The highest BCUT2D eigenvalue weighted by molar-refractivity contribution is 7.90. The Morgan fingerprint density at radius 2 is 1.93 bits per heavy atom. The van der Waals surface area contributed by atoms with Gasteiger partial charge in [-0.15, -0.1) is 0 Å². The average Bonchev–Trinajstić information content (AvgIpc) is 3.58. The standard InChI is InChI=1S/C20H30FN3O4S/c1-28-18-11-16(13-21)10-17(12-18)20(25)22-14-15-4-7-24(8-5-15)9-6-23-29(26,27)19-2-3-19/h10-12,15,19,23H,2-9,13-14H2,1H3,(H,22,25). The van der Waals surface area contributed by atoms with Gasteiger partial charge in [0.1, 0.15) is 12.4 Å². The molecule has 2 fully saturated rings. The number of methoxy groups -OCH3 is 1. The molecule has 0 spiro atoms. The number of nitrogens with zero attached hydrogens (tertiary/aromatic N) is 1. The smallest absolute Gasteiger partial charge is 0.251 e. The van der Waals surface area contributed by atoms with Gasteiger partial charge >= 0.3 is 0 Å².